The molecule has 2 N–H and O–H groups in total. The van der Waals surface area contributed by atoms with Crippen molar-refractivity contribution in [3.8, 4) is 11.4 Å². The summed E-state index contributed by atoms with van der Waals surface area (Å²) >= 11 is 0. The number of aromatic amines is 1. The molecule has 1 aromatic carbocycles. The minimum absolute atomic E-state index is 0.0136. The van der Waals surface area contributed by atoms with Crippen molar-refractivity contribution in [2.75, 3.05) is 18.4 Å². The third-order valence-corrected chi connectivity index (χ3v) is 5.82. The number of urea groups is 1. The van der Waals surface area contributed by atoms with Gasteiger partial charge in [0.1, 0.15) is 17.5 Å². The van der Waals surface area contributed by atoms with Crippen molar-refractivity contribution >= 4 is 11.7 Å². The van der Waals surface area contributed by atoms with E-state index >= 15 is 0 Å². The molecule has 1 saturated heterocycles. The molecule has 2 aromatic heterocycles. The summed E-state index contributed by atoms with van der Waals surface area (Å²) in [5.74, 6) is -0.852. The highest BCUT2D eigenvalue weighted by Crippen LogP contribution is 2.36. The van der Waals surface area contributed by atoms with Crippen LogP contribution in [0.1, 0.15) is 18.0 Å². The number of pyridine rings is 1. The number of halogens is 2. The smallest absolute Gasteiger partial charge is 0.321 e. The number of amides is 2. The fourth-order valence-electron chi connectivity index (χ4n) is 4.49. The van der Waals surface area contributed by atoms with E-state index in [9.17, 15) is 18.4 Å². The zero-order chi connectivity index (χ0) is 20.8. The Balaban J connectivity index is 1.38. The summed E-state index contributed by atoms with van der Waals surface area (Å²) in [4.78, 5) is 34.5. The van der Waals surface area contributed by atoms with Gasteiger partial charge in [-0.1, -0.05) is 0 Å². The first-order valence-corrected chi connectivity index (χ1v) is 9.74. The van der Waals surface area contributed by atoms with Crippen LogP contribution in [-0.4, -0.2) is 38.6 Å². The van der Waals surface area contributed by atoms with E-state index < -0.39 is 17.7 Å². The van der Waals surface area contributed by atoms with E-state index in [0.717, 1.165) is 24.2 Å². The van der Waals surface area contributed by atoms with Crippen LogP contribution in [0.4, 0.5) is 19.3 Å². The fourth-order valence-corrected chi connectivity index (χ4v) is 4.49. The number of nitrogens with zero attached hydrogens (tertiary/aromatic N) is 3. The van der Waals surface area contributed by atoms with Gasteiger partial charge in [0.15, 0.2) is 0 Å². The molecule has 0 saturated carbocycles. The van der Waals surface area contributed by atoms with Crippen molar-refractivity contribution in [2.24, 2.45) is 5.92 Å². The van der Waals surface area contributed by atoms with Gasteiger partial charge >= 0.3 is 6.03 Å². The van der Waals surface area contributed by atoms with Crippen LogP contribution in [0, 0.1) is 17.6 Å². The van der Waals surface area contributed by atoms with Crippen LogP contribution in [0.5, 0.6) is 0 Å². The summed E-state index contributed by atoms with van der Waals surface area (Å²) < 4.78 is 28.8. The highest BCUT2D eigenvalue weighted by atomic mass is 19.1. The maximum absolute atomic E-state index is 13.9. The van der Waals surface area contributed by atoms with Crippen molar-refractivity contribution in [3.63, 3.8) is 0 Å². The van der Waals surface area contributed by atoms with Gasteiger partial charge in [-0.3, -0.25) is 4.79 Å². The van der Waals surface area contributed by atoms with Gasteiger partial charge in [0.2, 0.25) is 0 Å². The number of nitrogens with one attached hydrogen (secondary N) is 2. The van der Waals surface area contributed by atoms with E-state index in [0.29, 0.717) is 31.0 Å². The number of anilines is 1. The van der Waals surface area contributed by atoms with Crippen LogP contribution in [0.15, 0.2) is 47.5 Å². The lowest BCUT2D eigenvalue weighted by Crippen LogP contribution is -2.50. The van der Waals surface area contributed by atoms with Crippen LogP contribution in [0.3, 0.4) is 0 Å². The Morgan fingerprint density at radius 2 is 2.03 bits per heavy atom. The predicted octanol–water partition coefficient (Wildman–Crippen LogP) is 3.17. The number of H-pyrrole nitrogens is 1. The van der Waals surface area contributed by atoms with Crippen LogP contribution < -0.4 is 10.9 Å². The van der Waals surface area contributed by atoms with Gasteiger partial charge in [0.25, 0.3) is 5.56 Å². The molecule has 0 radical (unpaired) electrons. The molecule has 3 aromatic rings. The second kappa shape index (κ2) is 7.08. The quantitative estimate of drug-likeness (QED) is 0.680. The average molecular weight is 411 g/mol. The van der Waals surface area contributed by atoms with Crippen molar-refractivity contribution in [3.05, 3.63) is 70.4 Å². The summed E-state index contributed by atoms with van der Waals surface area (Å²) in [5, 5.41) is 2.52. The Labute approximate surface area is 170 Å². The van der Waals surface area contributed by atoms with Crippen LogP contribution in [-0.2, 0) is 6.54 Å². The number of carbonyl (C=O) groups is 1. The summed E-state index contributed by atoms with van der Waals surface area (Å²) in [6.45, 7) is 1.39. The molecule has 2 aliphatic rings. The molecule has 0 unspecified atom stereocenters. The molecular formula is C21H19F2N5O2. The minimum atomic E-state index is -0.817. The van der Waals surface area contributed by atoms with E-state index in [1.54, 1.807) is 27.9 Å². The highest BCUT2D eigenvalue weighted by molar-refractivity contribution is 5.89. The largest absolute Gasteiger partial charge is 0.344 e. The zero-order valence-electron chi connectivity index (χ0n) is 15.9. The minimum Gasteiger partial charge on any atom is -0.344 e. The highest BCUT2D eigenvalue weighted by Gasteiger charge is 2.37. The van der Waals surface area contributed by atoms with Gasteiger partial charge in [0.05, 0.1) is 11.3 Å². The predicted molar refractivity (Wildman–Crippen MR) is 106 cm³/mol. The van der Waals surface area contributed by atoms with Crippen molar-refractivity contribution < 1.29 is 13.6 Å². The van der Waals surface area contributed by atoms with E-state index in [-0.39, 0.29) is 23.1 Å². The maximum atomic E-state index is 13.9. The summed E-state index contributed by atoms with van der Waals surface area (Å²) in [7, 11) is 0. The summed E-state index contributed by atoms with van der Waals surface area (Å²) in [6, 6.07) is 6.29. The molecule has 9 heteroatoms. The lowest BCUT2D eigenvalue weighted by molar-refractivity contribution is 0.139. The molecular weight excluding hydrogens is 392 g/mol. The Kier molecular flexibility index (Phi) is 4.38. The van der Waals surface area contributed by atoms with Crippen LogP contribution >= 0.6 is 0 Å². The average Bonchev–Trinajstić information content (AvgIpc) is 3.25. The molecule has 2 aliphatic heterocycles. The number of rotatable bonds is 2. The number of hydrogen-bond donors (Lipinski definition) is 2. The lowest BCUT2D eigenvalue weighted by atomic mass is 9.83. The number of imidazole rings is 1. The molecule has 4 heterocycles. The summed E-state index contributed by atoms with van der Waals surface area (Å²) in [6.07, 6.45) is 4.16. The Morgan fingerprint density at radius 3 is 2.80 bits per heavy atom. The maximum Gasteiger partial charge on any atom is 0.321 e. The molecule has 0 spiro atoms. The fraction of sp³-hybridized carbons (Fsp3) is 0.286. The topological polar surface area (TPSA) is 83.0 Å². The number of aromatic nitrogens is 3. The number of fused-ring (bicyclic) bond motifs is 4. The van der Waals surface area contributed by atoms with E-state index in [1.807, 2.05) is 6.07 Å². The van der Waals surface area contributed by atoms with Crippen molar-refractivity contribution in [1.82, 2.24) is 19.4 Å². The van der Waals surface area contributed by atoms with E-state index in [2.05, 4.69) is 15.3 Å². The standard InChI is InChI=1S/C21H19F2N5O2/c22-14-1-3-17(16(23)8-14)26-21(30)27-9-12-7-13(11-27)18-4-2-15(19-24-5-6-25-19)20(29)28(18)10-12/h1-6,8,12-13H,7,9-11H2,(H,24,25)(H,26,30)/t12-,13+/m0/s1. The molecule has 154 valence electrons. The normalized spacial score (nSPS) is 20.0. The lowest BCUT2D eigenvalue weighted by Gasteiger charge is -2.42. The number of benzene rings is 1. The van der Waals surface area contributed by atoms with Gasteiger partial charge in [-0.2, -0.15) is 0 Å². The van der Waals surface area contributed by atoms with Gasteiger partial charge in [-0.25, -0.2) is 18.6 Å². The molecule has 7 nitrogen and oxygen atoms in total. The number of piperidine rings is 1. The van der Waals surface area contributed by atoms with Gasteiger partial charge in [-0.05, 0) is 36.6 Å². The van der Waals surface area contributed by atoms with E-state index in [1.165, 1.54) is 6.07 Å². The first-order chi connectivity index (χ1) is 14.5. The monoisotopic (exact) mass is 411 g/mol. The first-order valence-electron chi connectivity index (χ1n) is 9.74. The third kappa shape index (κ3) is 3.16. The number of likely N-dealkylation sites (tertiary alicyclic amines) is 1. The SMILES string of the molecule is O=C(Nc1ccc(F)cc1F)N1C[C@@H]2C[C@H](C1)c1ccc(-c3ncc[nH]3)c(=O)n1C2. The van der Waals surface area contributed by atoms with E-state index in [4.69, 9.17) is 0 Å². The molecule has 5 rings (SSSR count). The Hall–Kier alpha value is -3.49. The van der Waals surface area contributed by atoms with Crippen molar-refractivity contribution in [1.29, 1.82) is 0 Å². The van der Waals surface area contributed by atoms with Gasteiger partial charge in [-0.15, -0.1) is 0 Å². The Morgan fingerprint density at radius 1 is 1.17 bits per heavy atom. The Bertz CT molecular complexity index is 1170. The second-order valence-electron chi connectivity index (χ2n) is 7.78. The molecule has 0 aliphatic carbocycles. The molecule has 1 fully saturated rings. The number of carbonyl (C=O) groups excluding carboxylic acids is 1. The molecule has 2 bridgehead atoms. The van der Waals surface area contributed by atoms with Crippen LogP contribution in [0.25, 0.3) is 11.4 Å². The molecule has 30 heavy (non-hydrogen) atoms. The molecule has 2 amide bonds. The van der Waals surface area contributed by atoms with Gasteiger partial charge in [0, 0.05) is 49.7 Å². The third-order valence-electron chi connectivity index (χ3n) is 5.82. The van der Waals surface area contributed by atoms with Crippen molar-refractivity contribution in [2.45, 2.75) is 18.9 Å². The van der Waals surface area contributed by atoms with Gasteiger partial charge < -0.3 is 19.8 Å². The first kappa shape index (κ1) is 18.5. The zero-order valence-corrected chi connectivity index (χ0v) is 15.9. The summed E-state index contributed by atoms with van der Waals surface area (Å²) in [5.41, 5.74) is 1.25. The second-order valence-corrected chi connectivity index (χ2v) is 7.78. The number of hydrogen-bond acceptors (Lipinski definition) is 3. The van der Waals surface area contributed by atoms with Crippen LogP contribution in [0.2, 0.25) is 0 Å². The molecule has 2 atom stereocenters.